The number of aryl methyl sites for hydroxylation is 1. The van der Waals surface area contributed by atoms with Crippen molar-refractivity contribution in [3.8, 4) is 0 Å². The SMILES string of the molecule is Cc1cc(F)ccc1CC1CCC(Br)C1C. The maximum absolute atomic E-state index is 13.0. The van der Waals surface area contributed by atoms with Gasteiger partial charge in [-0.05, 0) is 61.3 Å². The molecule has 2 rings (SSSR count). The Bertz CT molecular complexity index is 375. The van der Waals surface area contributed by atoms with Crippen molar-refractivity contribution < 1.29 is 4.39 Å². The molecule has 88 valence electrons. The molecule has 1 aromatic rings. The van der Waals surface area contributed by atoms with Gasteiger partial charge in [0.25, 0.3) is 0 Å². The maximum Gasteiger partial charge on any atom is 0.123 e. The summed E-state index contributed by atoms with van der Waals surface area (Å²) in [5, 5.41) is 0. The minimum atomic E-state index is -0.126. The average Bonchev–Trinajstić information content (AvgIpc) is 2.54. The quantitative estimate of drug-likeness (QED) is 0.702. The van der Waals surface area contributed by atoms with Gasteiger partial charge in [0.2, 0.25) is 0 Å². The van der Waals surface area contributed by atoms with Crippen molar-refractivity contribution in [2.75, 3.05) is 0 Å². The fourth-order valence-corrected chi connectivity index (χ4v) is 3.35. The minimum absolute atomic E-state index is 0.126. The lowest BCUT2D eigenvalue weighted by Gasteiger charge is -2.18. The Kier molecular flexibility index (Phi) is 3.68. The summed E-state index contributed by atoms with van der Waals surface area (Å²) in [7, 11) is 0. The molecule has 2 heteroatoms. The molecular formula is C14H18BrF. The van der Waals surface area contributed by atoms with Crippen molar-refractivity contribution in [1.29, 1.82) is 0 Å². The minimum Gasteiger partial charge on any atom is -0.207 e. The van der Waals surface area contributed by atoms with Gasteiger partial charge in [0.15, 0.2) is 0 Å². The lowest BCUT2D eigenvalue weighted by molar-refractivity contribution is 0.422. The summed E-state index contributed by atoms with van der Waals surface area (Å²) in [5.41, 5.74) is 2.39. The zero-order chi connectivity index (χ0) is 11.7. The van der Waals surface area contributed by atoms with Crippen LogP contribution in [-0.4, -0.2) is 4.83 Å². The summed E-state index contributed by atoms with van der Waals surface area (Å²) in [6.45, 7) is 4.32. The van der Waals surface area contributed by atoms with E-state index in [-0.39, 0.29) is 5.82 Å². The smallest absolute Gasteiger partial charge is 0.123 e. The van der Waals surface area contributed by atoms with Crippen LogP contribution in [0.25, 0.3) is 0 Å². The van der Waals surface area contributed by atoms with Crippen LogP contribution in [0, 0.1) is 24.6 Å². The predicted molar refractivity (Wildman–Crippen MR) is 69.4 cm³/mol. The molecule has 1 aliphatic carbocycles. The molecule has 0 heterocycles. The zero-order valence-electron chi connectivity index (χ0n) is 9.84. The molecule has 1 saturated carbocycles. The van der Waals surface area contributed by atoms with E-state index in [1.165, 1.54) is 18.4 Å². The second-order valence-corrected chi connectivity index (χ2v) is 6.16. The normalized spacial score (nSPS) is 29.6. The van der Waals surface area contributed by atoms with Gasteiger partial charge in [0.05, 0.1) is 0 Å². The highest BCUT2D eigenvalue weighted by Gasteiger charge is 2.30. The van der Waals surface area contributed by atoms with Crippen molar-refractivity contribution >= 4 is 15.9 Å². The Balaban J connectivity index is 2.09. The topological polar surface area (TPSA) is 0 Å². The molecule has 0 bridgehead atoms. The van der Waals surface area contributed by atoms with Crippen LogP contribution in [0.15, 0.2) is 18.2 Å². The second-order valence-electron chi connectivity index (χ2n) is 4.99. The monoisotopic (exact) mass is 284 g/mol. The Hall–Kier alpha value is -0.370. The van der Waals surface area contributed by atoms with E-state index in [0.717, 1.165) is 23.8 Å². The van der Waals surface area contributed by atoms with Crippen LogP contribution in [-0.2, 0) is 6.42 Å². The molecule has 0 N–H and O–H groups in total. The molecule has 0 spiro atoms. The van der Waals surface area contributed by atoms with E-state index in [0.29, 0.717) is 4.83 Å². The first kappa shape index (κ1) is 12.1. The Morgan fingerprint density at radius 1 is 1.38 bits per heavy atom. The fraction of sp³-hybridized carbons (Fsp3) is 0.571. The van der Waals surface area contributed by atoms with E-state index < -0.39 is 0 Å². The summed E-state index contributed by atoms with van der Waals surface area (Å²) < 4.78 is 13.0. The first-order valence-electron chi connectivity index (χ1n) is 5.97. The average molecular weight is 285 g/mol. The number of halogens is 2. The molecule has 16 heavy (non-hydrogen) atoms. The maximum atomic E-state index is 13.0. The lowest BCUT2D eigenvalue weighted by atomic mass is 9.89. The van der Waals surface area contributed by atoms with Gasteiger partial charge in [-0.25, -0.2) is 4.39 Å². The van der Waals surface area contributed by atoms with Crippen molar-refractivity contribution in [2.24, 2.45) is 11.8 Å². The van der Waals surface area contributed by atoms with Gasteiger partial charge in [0.1, 0.15) is 5.82 Å². The molecule has 1 aliphatic rings. The molecule has 3 unspecified atom stereocenters. The Morgan fingerprint density at radius 3 is 2.69 bits per heavy atom. The first-order valence-corrected chi connectivity index (χ1v) is 6.88. The van der Waals surface area contributed by atoms with Crippen molar-refractivity contribution in [3.63, 3.8) is 0 Å². The summed E-state index contributed by atoms with van der Waals surface area (Å²) in [6, 6.07) is 5.16. The molecule has 3 atom stereocenters. The largest absolute Gasteiger partial charge is 0.207 e. The standard InChI is InChI=1S/C14H18BrF/c1-9-7-13(16)5-3-11(9)8-12-4-6-14(15)10(12)2/h3,5,7,10,12,14H,4,6,8H2,1-2H3. The molecule has 1 aromatic carbocycles. The van der Waals surface area contributed by atoms with E-state index >= 15 is 0 Å². The van der Waals surface area contributed by atoms with Crippen molar-refractivity contribution in [2.45, 2.75) is 37.9 Å². The van der Waals surface area contributed by atoms with Gasteiger partial charge in [-0.1, -0.05) is 28.9 Å². The number of benzene rings is 1. The van der Waals surface area contributed by atoms with E-state index in [2.05, 4.69) is 22.9 Å². The summed E-state index contributed by atoms with van der Waals surface area (Å²) >= 11 is 3.73. The van der Waals surface area contributed by atoms with Gasteiger partial charge in [0, 0.05) is 4.83 Å². The zero-order valence-corrected chi connectivity index (χ0v) is 11.4. The molecule has 0 nitrogen and oxygen atoms in total. The molecule has 0 amide bonds. The Morgan fingerprint density at radius 2 is 2.12 bits per heavy atom. The summed E-state index contributed by atoms with van der Waals surface area (Å²) in [5.74, 6) is 1.34. The van der Waals surface area contributed by atoms with E-state index in [9.17, 15) is 4.39 Å². The predicted octanol–water partition coefficient (Wildman–Crippen LogP) is 4.49. The molecule has 0 aromatic heterocycles. The molecule has 0 radical (unpaired) electrons. The highest BCUT2D eigenvalue weighted by molar-refractivity contribution is 9.09. The van der Waals surface area contributed by atoms with Gasteiger partial charge in [-0.15, -0.1) is 0 Å². The Labute approximate surface area is 105 Å². The summed E-state index contributed by atoms with van der Waals surface area (Å²) in [6.07, 6.45) is 3.65. The molecule has 0 aliphatic heterocycles. The highest BCUT2D eigenvalue weighted by Crippen LogP contribution is 2.38. The van der Waals surface area contributed by atoms with E-state index in [4.69, 9.17) is 0 Å². The van der Waals surface area contributed by atoms with Crippen molar-refractivity contribution in [3.05, 3.63) is 35.1 Å². The molecule has 1 fully saturated rings. The lowest BCUT2D eigenvalue weighted by Crippen LogP contribution is -2.13. The van der Waals surface area contributed by atoms with Crippen LogP contribution in [0.4, 0.5) is 4.39 Å². The molecule has 0 saturated heterocycles. The van der Waals surface area contributed by atoms with Crippen LogP contribution < -0.4 is 0 Å². The number of alkyl halides is 1. The number of hydrogen-bond acceptors (Lipinski definition) is 0. The van der Waals surface area contributed by atoms with Gasteiger partial charge in [-0.2, -0.15) is 0 Å². The first-order chi connectivity index (χ1) is 7.58. The third-order valence-electron chi connectivity index (χ3n) is 3.91. The summed E-state index contributed by atoms with van der Waals surface area (Å²) in [4.78, 5) is 0.665. The number of rotatable bonds is 2. The fourth-order valence-electron chi connectivity index (χ4n) is 2.65. The number of hydrogen-bond donors (Lipinski definition) is 0. The second kappa shape index (κ2) is 4.87. The van der Waals surface area contributed by atoms with Crippen molar-refractivity contribution in [1.82, 2.24) is 0 Å². The van der Waals surface area contributed by atoms with Crippen LogP contribution in [0.3, 0.4) is 0 Å². The van der Waals surface area contributed by atoms with Crippen LogP contribution in [0.1, 0.15) is 30.9 Å². The third kappa shape index (κ3) is 2.48. The van der Waals surface area contributed by atoms with Gasteiger partial charge >= 0.3 is 0 Å². The van der Waals surface area contributed by atoms with E-state index in [1.807, 2.05) is 13.0 Å². The van der Waals surface area contributed by atoms with E-state index in [1.54, 1.807) is 12.1 Å². The van der Waals surface area contributed by atoms with Crippen LogP contribution in [0.2, 0.25) is 0 Å². The van der Waals surface area contributed by atoms with Gasteiger partial charge in [-0.3, -0.25) is 0 Å². The molecular weight excluding hydrogens is 267 g/mol. The third-order valence-corrected chi connectivity index (χ3v) is 5.21. The highest BCUT2D eigenvalue weighted by atomic mass is 79.9. The van der Waals surface area contributed by atoms with Crippen LogP contribution >= 0.6 is 15.9 Å². The van der Waals surface area contributed by atoms with Crippen LogP contribution in [0.5, 0.6) is 0 Å². The van der Waals surface area contributed by atoms with Gasteiger partial charge < -0.3 is 0 Å².